The van der Waals surface area contributed by atoms with Gasteiger partial charge in [-0.2, -0.15) is 0 Å². The van der Waals surface area contributed by atoms with Gasteiger partial charge in [-0.15, -0.1) is 0 Å². The van der Waals surface area contributed by atoms with E-state index in [4.69, 9.17) is 9.08 Å². The molecular formula is C41H47BO6SSi. The lowest BCUT2D eigenvalue weighted by Crippen LogP contribution is -2.66. The molecule has 0 radical (unpaired) electrons. The number of allylic oxidation sites excluding steroid dienone is 1. The van der Waals surface area contributed by atoms with E-state index in [2.05, 4.69) is 63.2 Å². The van der Waals surface area contributed by atoms with Crippen molar-refractivity contribution in [2.24, 2.45) is 0 Å². The molecule has 2 aliphatic heterocycles. The van der Waals surface area contributed by atoms with E-state index in [-0.39, 0.29) is 23.7 Å². The molecule has 9 heteroatoms. The van der Waals surface area contributed by atoms with Gasteiger partial charge in [0.1, 0.15) is 5.75 Å². The maximum atomic E-state index is 13.8. The second kappa shape index (κ2) is 14.5. The van der Waals surface area contributed by atoms with Crippen molar-refractivity contribution in [1.82, 2.24) is 0 Å². The molecule has 0 aliphatic carbocycles. The number of hydrogen-bond donors (Lipinski definition) is 2. The molecule has 1 saturated heterocycles. The Morgan fingerprint density at radius 3 is 2.00 bits per heavy atom. The molecule has 2 aliphatic rings. The van der Waals surface area contributed by atoms with Gasteiger partial charge in [0.2, 0.25) is 0 Å². The van der Waals surface area contributed by atoms with Gasteiger partial charge in [-0.25, -0.2) is 8.42 Å². The highest BCUT2D eigenvalue weighted by molar-refractivity contribution is 7.92. The van der Waals surface area contributed by atoms with Crippen molar-refractivity contribution in [1.29, 1.82) is 0 Å². The Morgan fingerprint density at radius 2 is 1.46 bits per heavy atom. The molecule has 0 spiro atoms. The van der Waals surface area contributed by atoms with Crippen molar-refractivity contribution < 1.29 is 27.6 Å². The summed E-state index contributed by atoms with van der Waals surface area (Å²) in [5, 5.41) is 22.4. The highest BCUT2D eigenvalue weighted by atomic mass is 32.2. The molecule has 2 N–H and O–H groups in total. The summed E-state index contributed by atoms with van der Waals surface area (Å²) in [6.45, 7) is 10.6. The molecule has 6 nitrogen and oxygen atoms in total. The Labute approximate surface area is 298 Å². The largest absolute Gasteiger partial charge is 0.507 e. The first-order valence-corrected chi connectivity index (χ1v) is 21.0. The van der Waals surface area contributed by atoms with E-state index in [1.54, 1.807) is 0 Å². The van der Waals surface area contributed by atoms with Crippen molar-refractivity contribution in [2.45, 2.75) is 70.2 Å². The smallest absolute Gasteiger partial charge is 0.456 e. The van der Waals surface area contributed by atoms with E-state index in [0.29, 0.717) is 18.6 Å². The average Bonchev–Trinajstić information content (AvgIpc) is 3.35. The Balaban J connectivity index is 1.38. The van der Waals surface area contributed by atoms with Crippen LogP contribution in [0, 0.1) is 13.8 Å². The van der Waals surface area contributed by atoms with Gasteiger partial charge in [-0.1, -0.05) is 118 Å². The number of fused-ring (bicyclic) bond motifs is 1. The summed E-state index contributed by atoms with van der Waals surface area (Å²) in [4.78, 5) is 0. The number of sulfone groups is 1. The first-order chi connectivity index (χ1) is 23.8. The summed E-state index contributed by atoms with van der Waals surface area (Å²) in [5.41, 5.74) is 6.18. The maximum absolute atomic E-state index is 13.8. The van der Waals surface area contributed by atoms with Gasteiger partial charge >= 0.3 is 7.12 Å². The fourth-order valence-electron chi connectivity index (χ4n) is 7.88. The summed E-state index contributed by atoms with van der Waals surface area (Å²) >= 11 is 0. The Morgan fingerprint density at radius 1 is 0.920 bits per heavy atom. The zero-order valence-corrected chi connectivity index (χ0v) is 31.4. The standard InChI is InChI=1S/C41H47BO6SSi/c1-29-23-31(24-30(2)40(29)43)25-33(32-15-9-6-10-16-32)21-22-37-39-34(28-49(45,46)38(39)26-42(44)48-37)27-47-50(41(3,4)5,35-17-11-7-12-18-35)36-19-13-8-14-20-36/h6-20,23-25,37-38,43-44H,21-22,26-28H2,1-5H3/b33-25-/t37-,38+/m1/s1. The number of aromatic hydroxyl groups is 1. The molecule has 50 heavy (non-hydrogen) atoms. The van der Waals surface area contributed by atoms with Crippen molar-refractivity contribution in [2.75, 3.05) is 12.4 Å². The maximum Gasteiger partial charge on any atom is 0.456 e. The lowest BCUT2D eigenvalue weighted by molar-refractivity contribution is 0.170. The molecular weight excluding hydrogens is 659 g/mol. The Hall–Kier alpha value is -3.73. The molecule has 0 unspecified atom stereocenters. The number of aryl methyl sites for hydroxylation is 2. The molecule has 1 fully saturated rings. The quantitative estimate of drug-likeness (QED) is 0.106. The van der Waals surface area contributed by atoms with Gasteiger partial charge in [-0.3, -0.25) is 0 Å². The van der Waals surface area contributed by atoms with Crippen LogP contribution < -0.4 is 10.4 Å². The van der Waals surface area contributed by atoms with Gasteiger partial charge in [0.25, 0.3) is 8.32 Å². The second-order valence-corrected chi connectivity index (χ2v) is 21.2. The summed E-state index contributed by atoms with van der Waals surface area (Å²) in [5.74, 6) is 0.187. The van der Waals surface area contributed by atoms with Crippen molar-refractivity contribution >= 4 is 47.3 Å². The molecule has 4 aromatic carbocycles. The highest BCUT2D eigenvalue weighted by Crippen LogP contribution is 2.42. The molecule has 260 valence electrons. The zero-order chi connectivity index (χ0) is 35.7. The highest BCUT2D eigenvalue weighted by Gasteiger charge is 2.52. The predicted molar refractivity (Wildman–Crippen MR) is 207 cm³/mol. The molecule has 4 aromatic rings. The van der Waals surface area contributed by atoms with Gasteiger partial charge in [0.15, 0.2) is 9.84 Å². The van der Waals surface area contributed by atoms with Crippen LogP contribution >= 0.6 is 0 Å². The molecule has 2 heterocycles. The molecule has 0 amide bonds. The Bertz CT molecular complexity index is 1930. The summed E-state index contributed by atoms with van der Waals surface area (Å²) < 4.78 is 41.0. The number of phenols is 1. The van der Waals surface area contributed by atoms with E-state index < -0.39 is 36.6 Å². The van der Waals surface area contributed by atoms with Crippen molar-refractivity contribution in [3.8, 4) is 5.75 Å². The first-order valence-electron chi connectivity index (χ1n) is 17.4. The van der Waals surface area contributed by atoms with Crippen LogP contribution in [0.25, 0.3) is 11.6 Å². The number of phenolic OH excluding ortho intramolecular Hbond substituents is 1. The van der Waals surface area contributed by atoms with Crippen LogP contribution in [0.5, 0.6) is 5.75 Å². The van der Waals surface area contributed by atoms with Crippen LogP contribution in [-0.2, 0) is 18.9 Å². The van der Waals surface area contributed by atoms with Gasteiger partial charge < -0.3 is 19.2 Å². The third-order valence-corrected chi connectivity index (χ3v) is 17.2. The van der Waals surface area contributed by atoms with Crippen LogP contribution in [0.2, 0.25) is 11.4 Å². The van der Waals surface area contributed by atoms with Gasteiger partial charge in [0.05, 0.1) is 23.7 Å². The molecule has 0 aromatic heterocycles. The number of benzene rings is 4. The fourth-order valence-corrected chi connectivity index (χ4v) is 14.5. The normalized spacial score (nSPS) is 19.5. The van der Waals surface area contributed by atoms with E-state index in [1.807, 2.05) is 80.6 Å². The molecule has 0 bridgehead atoms. The average molecular weight is 707 g/mol. The van der Waals surface area contributed by atoms with Crippen LogP contribution in [0.1, 0.15) is 55.9 Å². The number of rotatable bonds is 10. The lowest BCUT2D eigenvalue weighted by atomic mass is 9.74. The molecule has 2 atom stereocenters. The number of hydrogen-bond acceptors (Lipinski definition) is 6. The summed E-state index contributed by atoms with van der Waals surface area (Å²) in [6.07, 6.45) is 2.62. The van der Waals surface area contributed by atoms with Gasteiger partial charge in [-0.05, 0) is 93.2 Å². The molecule has 0 saturated carbocycles. The SMILES string of the molecule is Cc1cc(/C=C(/CC[C@H]2OB(O)C[C@H]3C2=C(CO[Si](c2ccccc2)(c2ccccc2)C(C)(C)C)CS3(=O)=O)c2ccccc2)cc(C)c1O. The van der Waals surface area contributed by atoms with Crippen LogP contribution in [-0.4, -0.2) is 57.7 Å². The van der Waals surface area contributed by atoms with E-state index in [9.17, 15) is 18.5 Å². The minimum Gasteiger partial charge on any atom is -0.507 e. The third-order valence-electron chi connectivity index (χ3n) is 10.2. The van der Waals surface area contributed by atoms with Crippen LogP contribution in [0.15, 0.2) is 114 Å². The predicted octanol–water partition coefficient (Wildman–Crippen LogP) is 6.88. The third kappa shape index (κ3) is 7.20. The fraction of sp³-hybridized carbons (Fsp3) is 0.317. The minimum absolute atomic E-state index is 0.0182. The van der Waals surface area contributed by atoms with Crippen LogP contribution in [0.4, 0.5) is 0 Å². The lowest BCUT2D eigenvalue weighted by Gasteiger charge is -2.43. The second-order valence-electron chi connectivity index (χ2n) is 14.7. The minimum atomic E-state index is -3.56. The van der Waals surface area contributed by atoms with Crippen molar-refractivity contribution in [3.63, 3.8) is 0 Å². The van der Waals surface area contributed by atoms with E-state index in [0.717, 1.165) is 49.3 Å². The monoisotopic (exact) mass is 706 g/mol. The van der Waals surface area contributed by atoms with Crippen molar-refractivity contribution in [3.05, 3.63) is 137 Å². The van der Waals surface area contributed by atoms with E-state index in [1.165, 1.54) is 0 Å². The van der Waals surface area contributed by atoms with Crippen LogP contribution in [0.3, 0.4) is 0 Å². The summed E-state index contributed by atoms with van der Waals surface area (Å²) in [6, 6.07) is 34.7. The zero-order valence-electron chi connectivity index (χ0n) is 29.6. The first kappa shape index (κ1) is 36.1. The Kier molecular flexibility index (Phi) is 10.5. The van der Waals surface area contributed by atoms with E-state index >= 15 is 0 Å². The van der Waals surface area contributed by atoms with Gasteiger partial charge in [0, 0.05) is 6.32 Å². The molecule has 6 rings (SSSR count). The summed E-state index contributed by atoms with van der Waals surface area (Å²) in [7, 11) is -7.68. The topological polar surface area (TPSA) is 93.1 Å².